The van der Waals surface area contributed by atoms with E-state index >= 15 is 0 Å². The van der Waals surface area contributed by atoms with Gasteiger partial charge in [0.15, 0.2) is 6.61 Å². The lowest BCUT2D eigenvalue weighted by Crippen LogP contribution is -2.41. The fraction of sp³-hybridized carbons (Fsp3) is 0.533. The first-order valence-corrected chi connectivity index (χ1v) is 7.90. The molecule has 1 aromatic carbocycles. The predicted molar refractivity (Wildman–Crippen MR) is 84.2 cm³/mol. The van der Waals surface area contributed by atoms with Crippen molar-refractivity contribution in [3.8, 4) is 5.75 Å². The number of hydrogen-bond donors (Lipinski definition) is 2. The number of carbonyl (C=O) groups excluding carboxylic acids is 1. The SMILES string of the molecule is CC(N)c1ccc(Br)cc1OCC(=O)NC1CCOCC1. The Morgan fingerprint density at radius 2 is 2.24 bits per heavy atom. The van der Waals surface area contributed by atoms with Gasteiger partial charge in [-0.1, -0.05) is 22.0 Å². The number of amides is 1. The van der Waals surface area contributed by atoms with Gasteiger partial charge in [0.2, 0.25) is 0 Å². The largest absolute Gasteiger partial charge is 0.483 e. The van der Waals surface area contributed by atoms with E-state index in [2.05, 4.69) is 21.2 Å². The van der Waals surface area contributed by atoms with Crippen LogP contribution >= 0.6 is 15.9 Å². The van der Waals surface area contributed by atoms with Crippen molar-refractivity contribution < 1.29 is 14.3 Å². The molecule has 1 fully saturated rings. The molecule has 0 aromatic heterocycles. The van der Waals surface area contributed by atoms with Gasteiger partial charge in [0, 0.05) is 35.3 Å². The van der Waals surface area contributed by atoms with Gasteiger partial charge in [0.25, 0.3) is 5.91 Å². The fourth-order valence-corrected chi connectivity index (χ4v) is 2.60. The Bertz CT molecular complexity index is 488. The van der Waals surface area contributed by atoms with Gasteiger partial charge in [-0.15, -0.1) is 0 Å². The smallest absolute Gasteiger partial charge is 0.258 e. The number of nitrogens with one attached hydrogen (secondary N) is 1. The van der Waals surface area contributed by atoms with Gasteiger partial charge in [-0.3, -0.25) is 4.79 Å². The van der Waals surface area contributed by atoms with Crippen LogP contribution in [0.5, 0.6) is 5.75 Å². The predicted octanol–water partition coefficient (Wildman–Crippen LogP) is 2.14. The number of benzene rings is 1. The molecule has 0 spiro atoms. The topological polar surface area (TPSA) is 73.6 Å². The van der Waals surface area contributed by atoms with Crippen LogP contribution in [0.3, 0.4) is 0 Å². The Morgan fingerprint density at radius 1 is 1.52 bits per heavy atom. The Hall–Kier alpha value is -1.11. The van der Waals surface area contributed by atoms with E-state index in [1.807, 2.05) is 25.1 Å². The van der Waals surface area contributed by atoms with Crippen molar-refractivity contribution in [3.05, 3.63) is 28.2 Å². The number of rotatable bonds is 5. The van der Waals surface area contributed by atoms with Gasteiger partial charge < -0.3 is 20.5 Å². The molecule has 0 saturated carbocycles. The number of ether oxygens (including phenoxy) is 2. The van der Waals surface area contributed by atoms with E-state index in [0.717, 1.165) is 22.9 Å². The average Bonchev–Trinajstić information content (AvgIpc) is 2.46. The molecule has 5 nitrogen and oxygen atoms in total. The van der Waals surface area contributed by atoms with Gasteiger partial charge in [-0.2, -0.15) is 0 Å². The standard InChI is InChI=1S/C15H21BrN2O3/c1-10(17)13-3-2-11(16)8-14(13)21-9-15(19)18-12-4-6-20-7-5-12/h2-3,8,10,12H,4-7,9,17H2,1H3,(H,18,19). The maximum atomic E-state index is 11.9. The van der Waals surface area contributed by atoms with Gasteiger partial charge in [0.1, 0.15) is 5.75 Å². The highest BCUT2D eigenvalue weighted by Gasteiger charge is 2.17. The van der Waals surface area contributed by atoms with Crippen LogP contribution in [0.1, 0.15) is 31.4 Å². The van der Waals surface area contributed by atoms with Crippen molar-refractivity contribution in [1.82, 2.24) is 5.32 Å². The summed E-state index contributed by atoms with van der Waals surface area (Å²) >= 11 is 3.40. The van der Waals surface area contributed by atoms with Crippen molar-refractivity contribution in [2.24, 2.45) is 5.73 Å². The molecule has 1 aromatic rings. The minimum Gasteiger partial charge on any atom is -0.483 e. The molecule has 3 N–H and O–H groups in total. The van der Waals surface area contributed by atoms with Gasteiger partial charge in [0.05, 0.1) is 0 Å². The molecular formula is C15H21BrN2O3. The number of nitrogens with two attached hydrogens (primary N) is 1. The highest BCUT2D eigenvalue weighted by atomic mass is 79.9. The Morgan fingerprint density at radius 3 is 2.90 bits per heavy atom. The molecular weight excluding hydrogens is 336 g/mol. The second-order valence-corrected chi connectivity index (χ2v) is 6.13. The zero-order valence-corrected chi connectivity index (χ0v) is 13.7. The maximum Gasteiger partial charge on any atom is 0.258 e. The molecule has 1 saturated heterocycles. The van der Waals surface area contributed by atoms with Crippen molar-refractivity contribution in [2.75, 3.05) is 19.8 Å². The lowest BCUT2D eigenvalue weighted by atomic mass is 10.1. The molecule has 0 radical (unpaired) electrons. The highest BCUT2D eigenvalue weighted by Crippen LogP contribution is 2.27. The summed E-state index contributed by atoms with van der Waals surface area (Å²) < 4.78 is 11.8. The van der Waals surface area contributed by atoms with Crippen molar-refractivity contribution in [1.29, 1.82) is 0 Å². The zero-order valence-electron chi connectivity index (χ0n) is 12.1. The van der Waals surface area contributed by atoms with E-state index in [1.165, 1.54) is 0 Å². The van der Waals surface area contributed by atoms with Crippen LogP contribution in [-0.2, 0) is 9.53 Å². The zero-order chi connectivity index (χ0) is 15.2. The van der Waals surface area contributed by atoms with Crippen molar-refractivity contribution >= 4 is 21.8 Å². The van der Waals surface area contributed by atoms with Gasteiger partial charge in [-0.05, 0) is 31.9 Å². The minimum absolute atomic E-state index is 0.00642. The van der Waals surface area contributed by atoms with Crippen LogP contribution < -0.4 is 15.8 Å². The average molecular weight is 357 g/mol. The highest BCUT2D eigenvalue weighted by molar-refractivity contribution is 9.10. The minimum atomic E-state index is -0.147. The van der Waals surface area contributed by atoms with E-state index < -0.39 is 0 Å². The van der Waals surface area contributed by atoms with Crippen LogP contribution in [0.2, 0.25) is 0 Å². The van der Waals surface area contributed by atoms with Crippen molar-refractivity contribution in [3.63, 3.8) is 0 Å². The molecule has 1 amide bonds. The van der Waals surface area contributed by atoms with E-state index in [-0.39, 0.29) is 24.6 Å². The summed E-state index contributed by atoms with van der Waals surface area (Å²) in [6.45, 7) is 3.28. The summed E-state index contributed by atoms with van der Waals surface area (Å²) in [6, 6.07) is 5.69. The number of hydrogen-bond acceptors (Lipinski definition) is 4. The van der Waals surface area contributed by atoms with E-state index in [4.69, 9.17) is 15.2 Å². The lowest BCUT2D eigenvalue weighted by Gasteiger charge is -2.23. The summed E-state index contributed by atoms with van der Waals surface area (Å²) in [7, 11) is 0. The Balaban J connectivity index is 1.89. The molecule has 1 aliphatic heterocycles. The third kappa shape index (κ3) is 4.98. The number of halogens is 1. The molecule has 1 unspecified atom stereocenters. The van der Waals surface area contributed by atoms with Crippen LogP contribution in [0, 0.1) is 0 Å². The Kier molecular flexibility index (Phi) is 6.02. The molecule has 1 atom stereocenters. The normalized spacial score (nSPS) is 17.3. The van der Waals surface area contributed by atoms with Crippen LogP contribution in [0.15, 0.2) is 22.7 Å². The van der Waals surface area contributed by atoms with Crippen LogP contribution in [-0.4, -0.2) is 31.8 Å². The van der Waals surface area contributed by atoms with Crippen LogP contribution in [0.4, 0.5) is 0 Å². The van der Waals surface area contributed by atoms with E-state index in [0.29, 0.717) is 19.0 Å². The van der Waals surface area contributed by atoms with E-state index in [9.17, 15) is 4.79 Å². The second kappa shape index (κ2) is 7.77. The summed E-state index contributed by atoms with van der Waals surface area (Å²) in [4.78, 5) is 11.9. The first kappa shape index (κ1) is 16.3. The maximum absolute atomic E-state index is 11.9. The quantitative estimate of drug-likeness (QED) is 0.847. The van der Waals surface area contributed by atoms with Crippen molar-refractivity contribution in [2.45, 2.75) is 31.8 Å². The molecule has 21 heavy (non-hydrogen) atoms. The van der Waals surface area contributed by atoms with Gasteiger partial charge in [-0.25, -0.2) is 0 Å². The summed E-state index contributed by atoms with van der Waals surface area (Å²) in [5, 5.41) is 2.97. The molecule has 1 heterocycles. The van der Waals surface area contributed by atoms with E-state index in [1.54, 1.807) is 0 Å². The first-order chi connectivity index (χ1) is 10.1. The summed E-state index contributed by atoms with van der Waals surface area (Å²) in [5.74, 6) is 0.527. The summed E-state index contributed by atoms with van der Waals surface area (Å²) in [6.07, 6.45) is 1.71. The molecule has 0 bridgehead atoms. The molecule has 116 valence electrons. The first-order valence-electron chi connectivity index (χ1n) is 7.11. The third-order valence-electron chi connectivity index (χ3n) is 3.41. The molecule has 6 heteroatoms. The fourth-order valence-electron chi connectivity index (χ4n) is 2.26. The third-order valence-corrected chi connectivity index (χ3v) is 3.90. The van der Waals surface area contributed by atoms with Crippen LogP contribution in [0.25, 0.3) is 0 Å². The molecule has 0 aliphatic carbocycles. The second-order valence-electron chi connectivity index (χ2n) is 5.21. The summed E-state index contributed by atoms with van der Waals surface area (Å²) in [5.41, 5.74) is 6.80. The molecule has 2 rings (SSSR count). The monoisotopic (exact) mass is 356 g/mol. The molecule has 1 aliphatic rings. The lowest BCUT2D eigenvalue weighted by molar-refractivity contribution is -0.124. The Labute approximate surface area is 133 Å². The number of carbonyl (C=O) groups is 1. The van der Waals surface area contributed by atoms with Gasteiger partial charge >= 0.3 is 0 Å².